The first-order valence-electron chi connectivity index (χ1n) is 8.79. The Morgan fingerprint density at radius 3 is 2.56 bits per heavy atom. The molecule has 1 aliphatic rings. The van der Waals surface area contributed by atoms with Crippen LogP contribution in [0.3, 0.4) is 0 Å². The minimum absolute atomic E-state index is 0.156. The van der Waals surface area contributed by atoms with Crippen LogP contribution in [0.5, 0.6) is 0 Å². The highest BCUT2D eigenvalue weighted by Gasteiger charge is 2.33. The Bertz CT molecular complexity index is 1010. The van der Waals surface area contributed by atoms with Crippen LogP contribution in [-0.2, 0) is 9.59 Å². The number of carbonyl (C=O) groups excluding carboxylic acids is 1. The topological polar surface area (TPSA) is 95.1 Å². The Balaban J connectivity index is 1.51. The number of amides is 1. The fourth-order valence-electron chi connectivity index (χ4n) is 3.52. The van der Waals surface area contributed by atoms with E-state index < -0.39 is 11.9 Å². The quantitative estimate of drug-likeness (QED) is 0.653. The third-order valence-corrected chi connectivity index (χ3v) is 5.02. The molecule has 0 spiro atoms. The summed E-state index contributed by atoms with van der Waals surface area (Å²) in [5, 5.41) is 11.9. The lowest BCUT2D eigenvalue weighted by atomic mass is 10.0. The molecule has 0 unspecified atom stereocenters. The number of imidazole rings is 1. The van der Waals surface area contributed by atoms with Gasteiger partial charge in [-0.3, -0.25) is 9.59 Å². The molecule has 3 aromatic rings. The smallest absolute Gasteiger partial charge is 0.306 e. The fraction of sp³-hybridized carbons (Fsp3) is 0.250. The summed E-state index contributed by atoms with van der Waals surface area (Å²) in [6, 6.07) is 11.4. The Labute approximate surface area is 154 Å². The van der Waals surface area contributed by atoms with Gasteiger partial charge in [-0.2, -0.15) is 0 Å². The maximum atomic E-state index is 13.1. The molecule has 0 radical (unpaired) electrons. The van der Waals surface area contributed by atoms with Crippen LogP contribution in [0.15, 0.2) is 42.5 Å². The van der Waals surface area contributed by atoms with Gasteiger partial charge in [0.25, 0.3) is 0 Å². The average Bonchev–Trinajstić information content (AvgIpc) is 3.29. The zero-order chi connectivity index (χ0) is 19.0. The van der Waals surface area contributed by atoms with Gasteiger partial charge in [0, 0.05) is 17.2 Å². The minimum atomic E-state index is -0.836. The number of carboxylic acids is 1. The number of carboxylic acid groups (broad SMARTS) is 1. The van der Waals surface area contributed by atoms with Crippen LogP contribution in [0.1, 0.15) is 19.3 Å². The fourth-order valence-corrected chi connectivity index (χ4v) is 3.52. The molecule has 2 atom stereocenters. The van der Waals surface area contributed by atoms with Crippen molar-refractivity contribution < 1.29 is 19.1 Å². The van der Waals surface area contributed by atoms with E-state index in [0.29, 0.717) is 30.8 Å². The number of nitrogens with zero attached hydrogens (tertiary/aromatic N) is 1. The number of aromatic amines is 1. The number of hydrogen-bond donors (Lipinski definition) is 3. The molecule has 0 saturated heterocycles. The van der Waals surface area contributed by atoms with Crippen molar-refractivity contribution >= 4 is 28.6 Å². The van der Waals surface area contributed by atoms with E-state index in [2.05, 4.69) is 15.3 Å². The van der Waals surface area contributed by atoms with Crippen molar-refractivity contribution in [2.24, 2.45) is 11.8 Å². The van der Waals surface area contributed by atoms with Crippen LogP contribution in [-0.4, -0.2) is 27.0 Å². The van der Waals surface area contributed by atoms with Gasteiger partial charge >= 0.3 is 5.97 Å². The number of halogens is 1. The second-order valence-corrected chi connectivity index (χ2v) is 6.86. The molecule has 1 amide bonds. The summed E-state index contributed by atoms with van der Waals surface area (Å²) < 4.78 is 13.1. The molecule has 1 fully saturated rings. The number of aromatic nitrogens is 2. The number of benzene rings is 2. The van der Waals surface area contributed by atoms with Crippen molar-refractivity contribution in [1.29, 1.82) is 0 Å². The van der Waals surface area contributed by atoms with Gasteiger partial charge in [0.1, 0.15) is 11.6 Å². The highest BCUT2D eigenvalue weighted by molar-refractivity contribution is 5.95. The number of H-pyrrole nitrogens is 1. The van der Waals surface area contributed by atoms with E-state index in [4.69, 9.17) is 5.11 Å². The molecule has 1 aliphatic carbocycles. The van der Waals surface area contributed by atoms with Crippen LogP contribution in [0, 0.1) is 17.7 Å². The number of carbonyl (C=O) groups is 2. The molecule has 0 aliphatic heterocycles. The van der Waals surface area contributed by atoms with Crippen LogP contribution in [0.4, 0.5) is 10.1 Å². The van der Waals surface area contributed by atoms with E-state index in [1.54, 1.807) is 30.3 Å². The van der Waals surface area contributed by atoms with Gasteiger partial charge < -0.3 is 15.4 Å². The predicted molar refractivity (Wildman–Crippen MR) is 98.6 cm³/mol. The molecule has 3 N–H and O–H groups in total. The maximum Gasteiger partial charge on any atom is 0.306 e. The van der Waals surface area contributed by atoms with E-state index in [0.717, 1.165) is 16.6 Å². The molecule has 27 heavy (non-hydrogen) atoms. The Morgan fingerprint density at radius 1 is 1.11 bits per heavy atom. The molecule has 4 rings (SSSR count). The normalized spacial score (nSPS) is 19.3. The third-order valence-electron chi connectivity index (χ3n) is 5.02. The van der Waals surface area contributed by atoms with Gasteiger partial charge in [0.15, 0.2) is 0 Å². The number of nitrogens with one attached hydrogen (secondary N) is 2. The molecule has 138 valence electrons. The van der Waals surface area contributed by atoms with Crippen molar-refractivity contribution in [3.8, 4) is 11.4 Å². The molecule has 1 heterocycles. The molecular weight excluding hydrogens is 349 g/mol. The van der Waals surface area contributed by atoms with Gasteiger partial charge in [-0.15, -0.1) is 0 Å². The number of aliphatic carboxylic acids is 1. The maximum absolute atomic E-state index is 13.1. The molecule has 1 saturated carbocycles. The first-order valence-corrected chi connectivity index (χ1v) is 8.79. The monoisotopic (exact) mass is 367 g/mol. The summed E-state index contributed by atoms with van der Waals surface area (Å²) in [4.78, 5) is 31.1. The number of anilines is 1. The van der Waals surface area contributed by atoms with Crippen LogP contribution in [0.2, 0.25) is 0 Å². The Kier molecular flexibility index (Phi) is 4.35. The number of fused-ring (bicyclic) bond motifs is 1. The second kappa shape index (κ2) is 6.83. The summed E-state index contributed by atoms with van der Waals surface area (Å²) in [5.74, 6) is -1.40. The SMILES string of the molecule is O=C(O)[C@@H]1CC[C@H](C(=O)Nc2ccc3nc(-c4ccc(F)cc4)[nH]c3c2)C1. The molecule has 7 heteroatoms. The standard InChI is InChI=1S/C20H18FN3O3/c21-14-5-3-11(4-6-14)18-23-16-8-7-15(10-17(16)24-18)22-19(25)12-1-2-13(9-12)20(26)27/h3-8,10,12-13H,1-2,9H2,(H,22,25)(H,23,24)(H,26,27)/t12-,13+/m0/s1. The third kappa shape index (κ3) is 3.53. The summed E-state index contributed by atoms with van der Waals surface area (Å²) in [5.41, 5.74) is 2.88. The van der Waals surface area contributed by atoms with E-state index in [-0.39, 0.29) is 17.6 Å². The average molecular weight is 367 g/mol. The summed E-state index contributed by atoms with van der Waals surface area (Å²) in [6.07, 6.45) is 1.50. The van der Waals surface area contributed by atoms with E-state index in [1.165, 1.54) is 12.1 Å². The number of rotatable bonds is 4. The lowest BCUT2D eigenvalue weighted by Crippen LogP contribution is -2.21. The zero-order valence-corrected chi connectivity index (χ0v) is 14.4. The van der Waals surface area contributed by atoms with Crippen LogP contribution >= 0.6 is 0 Å². The van der Waals surface area contributed by atoms with E-state index in [1.807, 2.05) is 0 Å². The molecule has 2 aromatic carbocycles. The molecular formula is C20H18FN3O3. The van der Waals surface area contributed by atoms with E-state index in [9.17, 15) is 14.0 Å². The minimum Gasteiger partial charge on any atom is -0.481 e. The second-order valence-electron chi connectivity index (χ2n) is 6.86. The van der Waals surface area contributed by atoms with Crippen molar-refractivity contribution in [2.75, 3.05) is 5.32 Å². The summed E-state index contributed by atoms with van der Waals surface area (Å²) >= 11 is 0. The van der Waals surface area contributed by atoms with Crippen molar-refractivity contribution in [3.63, 3.8) is 0 Å². The zero-order valence-electron chi connectivity index (χ0n) is 14.4. The van der Waals surface area contributed by atoms with Crippen molar-refractivity contribution in [2.45, 2.75) is 19.3 Å². The van der Waals surface area contributed by atoms with Crippen LogP contribution < -0.4 is 5.32 Å². The Hall–Kier alpha value is -3.22. The largest absolute Gasteiger partial charge is 0.481 e. The lowest BCUT2D eigenvalue weighted by Gasteiger charge is -2.10. The highest BCUT2D eigenvalue weighted by Crippen LogP contribution is 2.32. The molecule has 0 bridgehead atoms. The first kappa shape index (κ1) is 17.2. The number of hydrogen-bond acceptors (Lipinski definition) is 3. The van der Waals surface area contributed by atoms with Gasteiger partial charge in [-0.05, 0) is 61.7 Å². The summed E-state index contributed by atoms with van der Waals surface area (Å²) in [6.45, 7) is 0. The van der Waals surface area contributed by atoms with Gasteiger partial charge in [-0.1, -0.05) is 0 Å². The predicted octanol–water partition coefficient (Wildman–Crippen LogP) is 3.81. The van der Waals surface area contributed by atoms with Gasteiger partial charge in [0.05, 0.1) is 17.0 Å². The molecule has 6 nitrogen and oxygen atoms in total. The van der Waals surface area contributed by atoms with Gasteiger partial charge in [-0.25, -0.2) is 9.37 Å². The Morgan fingerprint density at radius 2 is 1.85 bits per heavy atom. The van der Waals surface area contributed by atoms with Crippen molar-refractivity contribution in [3.05, 3.63) is 48.3 Å². The van der Waals surface area contributed by atoms with Crippen LogP contribution in [0.25, 0.3) is 22.4 Å². The lowest BCUT2D eigenvalue weighted by molar-refractivity contribution is -0.141. The first-order chi connectivity index (χ1) is 13.0. The highest BCUT2D eigenvalue weighted by atomic mass is 19.1. The van der Waals surface area contributed by atoms with E-state index >= 15 is 0 Å². The van der Waals surface area contributed by atoms with Gasteiger partial charge in [0.2, 0.25) is 5.91 Å². The van der Waals surface area contributed by atoms with Crippen molar-refractivity contribution in [1.82, 2.24) is 9.97 Å². The summed E-state index contributed by atoms with van der Waals surface area (Å²) in [7, 11) is 0. The molecule has 1 aromatic heterocycles.